The van der Waals surface area contributed by atoms with Crippen LogP contribution in [0.1, 0.15) is 16.1 Å². The maximum absolute atomic E-state index is 13.1. The van der Waals surface area contributed by atoms with Gasteiger partial charge in [0.05, 0.1) is 23.8 Å². The smallest absolute Gasteiger partial charge is 0.273 e. The lowest BCUT2D eigenvalue weighted by molar-refractivity contribution is -0.385. The molecule has 0 saturated carbocycles. The number of nitrogens with zero attached hydrogens (tertiary/aromatic N) is 2. The molecule has 4 rings (SSSR count). The second kappa shape index (κ2) is 8.36. The zero-order chi connectivity index (χ0) is 22.0. The maximum Gasteiger partial charge on any atom is 0.273 e. The Bertz CT molecular complexity index is 1250. The van der Waals surface area contributed by atoms with E-state index in [9.17, 15) is 23.3 Å². The van der Waals surface area contributed by atoms with Gasteiger partial charge in [0.25, 0.3) is 11.6 Å². The van der Waals surface area contributed by atoms with Crippen molar-refractivity contribution in [3.63, 3.8) is 0 Å². The quantitative estimate of drug-likeness (QED) is 0.443. The molecule has 1 amide bonds. The van der Waals surface area contributed by atoms with Gasteiger partial charge in [-0.15, -0.1) is 0 Å². The summed E-state index contributed by atoms with van der Waals surface area (Å²) in [5, 5.41) is 11.8. The molecule has 2 aromatic carbocycles. The van der Waals surface area contributed by atoms with Gasteiger partial charge in [0, 0.05) is 35.6 Å². The highest BCUT2D eigenvalue weighted by Gasteiger charge is 2.27. The average molecular weight is 444 g/mol. The monoisotopic (exact) mass is 444 g/mol. The summed E-state index contributed by atoms with van der Waals surface area (Å²) in [4.78, 5) is 28.3. The summed E-state index contributed by atoms with van der Waals surface area (Å²) in [6.07, 6.45) is 0. The highest BCUT2D eigenvalue weighted by atomic mass is 32.2. The number of rotatable bonds is 6. The van der Waals surface area contributed by atoms with Crippen LogP contribution in [0.25, 0.3) is 10.9 Å². The standard InChI is InChI=1S/C20H20N4O6S/c25-20(23-9-11-30-12-10-23)19-18(15-6-2-3-7-16(15)21-19)22-31(28,29)13-14-5-1-4-8-17(14)24(26)27/h1-8,21-22H,9-13H2. The third kappa shape index (κ3) is 4.37. The number of benzene rings is 2. The van der Waals surface area contributed by atoms with E-state index in [1.165, 1.54) is 24.3 Å². The Morgan fingerprint density at radius 3 is 2.55 bits per heavy atom. The average Bonchev–Trinajstić information content (AvgIpc) is 3.11. The van der Waals surface area contributed by atoms with Crippen molar-refractivity contribution >= 4 is 38.2 Å². The molecule has 10 nitrogen and oxygen atoms in total. The van der Waals surface area contributed by atoms with E-state index in [0.717, 1.165) is 0 Å². The third-order valence-electron chi connectivity index (χ3n) is 5.01. The van der Waals surface area contributed by atoms with Crippen molar-refractivity contribution in [2.24, 2.45) is 0 Å². The summed E-state index contributed by atoms with van der Waals surface area (Å²) in [5.74, 6) is -0.947. The summed E-state index contributed by atoms with van der Waals surface area (Å²) in [6, 6.07) is 12.6. The first kappa shape index (κ1) is 20.8. The molecular formula is C20H20N4O6S. The predicted octanol–water partition coefficient (Wildman–Crippen LogP) is 2.49. The molecular weight excluding hydrogens is 424 g/mol. The molecule has 1 aliphatic rings. The van der Waals surface area contributed by atoms with Crippen molar-refractivity contribution in [1.29, 1.82) is 0 Å². The van der Waals surface area contributed by atoms with Gasteiger partial charge in [0.2, 0.25) is 10.0 Å². The highest BCUT2D eigenvalue weighted by molar-refractivity contribution is 7.92. The summed E-state index contributed by atoms with van der Waals surface area (Å²) < 4.78 is 33.7. The van der Waals surface area contributed by atoms with E-state index in [2.05, 4.69) is 9.71 Å². The third-order valence-corrected chi connectivity index (χ3v) is 6.22. The number of sulfonamides is 1. The van der Waals surface area contributed by atoms with Gasteiger partial charge >= 0.3 is 0 Å². The number of ether oxygens (including phenoxy) is 1. The van der Waals surface area contributed by atoms with Gasteiger partial charge in [-0.05, 0) is 6.07 Å². The number of aromatic nitrogens is 1. The molecule has 1 aromatic heterocycles. The molecule has 0 spiro atoms. The van der Waals surface area contributed by atoms with Crippen LogP contribution in [0.4, 0.5) is 11.4 Å². The fraction of sp³-hybridized carbons (Fsp3) is 0.250. The maximum atomic E-state index is 13.1. The number of nitro benzene ring substituents is 1. The lowest BCUT2D eigenvalue weighted by Crippen LogP contribution is -2.41. The van der Waals surface area contributed by atoms with Crippen LogP contribution in [0, 0.1) is 10.1 Å². The Morgan fingerprint density at radius 2 is 1.81 bits per heavy atom. The van der Waals surface area contributed by atoms with E-state index >= 15 is 0 Å². The van der Waals surface area contributed by atoms with Crippen LogP contribution in [0.15, 0.2) is 48.5 Å². The Hall–Kier alpha value is -3.44. The summed E-state index contributed by atoms with van der Waals surface area (Å²) in [6.45, 7) is 1.61. The number of carbonyl (C=O) groups is 1. The summed E-state index contributed by atoms with van der Waals surface area (Å²) in [7, 11) is -4.06. The van der Waals surface area contributed by atoms with Crippen LogP contribution in [0.5, 0.6) is 0 Å². The van der Waals surface area contributed by atoms with E-state index in [1.807, 2.05) is 0 Å². The van der Waals surface area contributed by atoms with Gasteiger partial charge < -0.3 is 14.6 Å². The number of amides is 1. The molecule has 2 heterocycles. The largest absolute Gasteiger partial charge is 0.378 e. The Morgan fingerprint density at radius 1 is 1.13 bits per heavy atom. The van der Waals surface area contributed by atoms with Crippen LogP contribution < -0.4 is 4.72 Å². The molecule has 3 aromatic rings. The van der Waals surface area contributed by atoms with E-state index in [0.29, 0.717) is 37.2 Å². The minimum Gasteiger partial charge on any atom is -0.378 e. The van der Waals surface area contributed by atoms with E-state index in [1.54, 1.807) is 29.2 Å². The molecule has 31 heavy (non-hydrogen) atoms. The van der Waals surface area contributed by atoms with Crippen molar-refractivity contribution < 1.29 is 22.9 Å². The van der Waals surface area contributed by atoms with Crippen molar-refractivity contribution in [3.8, 4) is 0 Å². The Labute approximate surface area is 178 Å². The first-order chi connectivity index (χ1) is 14.9. The van der Waals surface area contributed by atoms with Gasteiger partial charge in [-0.25, -0.2) is 8.42 Å². The predicted molar refractivity (Wildman–Crippen MR) is 114 cm³/mol. The Kier molecular flexibility index (Phi) is 5.61. The number of H-pyrrole nitrogens is 1. The lowest BCUT2D eigenvalue weighted by atomic mass is 10.2. The van der Waals surface area contributed by atoms with Crippen LogP contribution in [0.2, 0.25) is 0 Å². The number of anilines is 1. The Balaban J connectivity index is 1.70. The molecule has 1 fully saturated rings. The van der Waals surface area contributed by atoms with Crippen LogP contribution in [0.3, 0.4) is 0 Å². The number of para-hydroxylation sites is 2. The first-order valence-corrected chi connectivity index (χ1v) is 11.2. The molecule has 0 aliphatic carbocycles. The molecule has 162 valence electrons. The van der Waals surface area contributed by atoms with Crippen molar-refractivity contribution in [3.05, 3.63) is 69.9 Å². The summed E-state index contributed by atoms with van der Waals surface area (Å²) >= 11 is 0. The van der Waals surface area contributed by atoms with Crippen LogP contribution >= 0.6 is 0 Å². The number of nitrogens with one attached hydrogen (secondary N) is 2. The first-order valence-electron chi connectivity index (χ1n) is 9.56. The number of carbonyl (C=O) groups excluding carboxylic acids is 1. The molecule has 0 radical (unpaired) electrons. The molecule has 0 bridgehead atoms. The zero-order valence-electron chi connectivity index (χ0n) is 16.4. The van der Waals surface area contributed by atoms with Crippen molar-refractivity contribution in [2.45, 2.75) is 5.75 Å². The normalized spacial score (nSPS) is 14.5. The van der Waals surface area contributed by atoms with Crippen LogP contribution in [-0.2, 0) is 20.5 Å². The second-order valence-electron chi connectivity index (χ2n) is 7.07. The number of aromatic amines is 1. The summed E-state index contributed by atoms with van der Waals surface area (Å²) in [5.41, 5.74) is 0.625. The van der Waals surface area contributed by atoms with Gasteiger partial charge in [-0.2, -0.15) is 0 Å². The molecule has 1 saturated heterocycles. The fourth-order valence-electron chi connectivity index (χ4n) is 3.54. The van der Waals surface area contributed by atoms with E-state index in [4.69, 9.17) is 4.74 Å². The molecule has 11 heteroatoms. The molecule has 2 N–H and O–H groups in total. The van der Waals surface area contributed by atoms with E-state index in [-0.39, 0.29) is 28.5 Å². The SMILES string of the molecule is O=C(c1[nH]c2ccccc2c1NS(=O)(=O)Cc1ccccc1[N+](=O)[O-])N1CCOCC1. The number of fused-ring (bicyclic) bond motifs is 1. The molecule has 0 unspecified atom stereocenters. The van der Waals surface area contributed by atoms with Crippen LogP contribution in [-0.4, -0.2) is 55.4 Å². The second-order valence-corrected chi connectivity index (χ2v) is 8.79. The molecule has 0 atom stereocenters. The van der Waals surface area contributed by atoms with Crippen molar-refractivity contribution in [2.75, 3.05) is 31.0 Å². The zero-order valence-corrected chi connectivity index (χ0v) is 17.2. The van der Waals surface area contributed by atoms with Gasteiger partial charge in [0.1, 0.15) is 11.4 Å². The van der Waals surface area contributed by atoms with Gasteiger partial charge in [0.15, 0.2) is 0 Å². The minimum atomic E-state index is -4.06. The topological polar surface area (TPSA) is 135 Å². The minimum absolute atomic E-state index is 0.0564. The van der Waals surface area contributed by atoms with E-state index < -0.39 is 20.7 Å². The highest BCUT2D eigenvalue weighted by Crippen LogP contribution is 2.31. The fourth-order valence-corrected chi connectivity index (χ4v) is 4.79. The lowest BCUT2D eigenvalue weighted by Gasteiger charge is -2.26. The van der Waals surface area contributed by atoms with Gasteiger partial charge in [-0.3, -0.25) is 19.6 Å². The number of hydrogen-bond donors (Lipinski definition) is 2. The number of morpholine rings is 1. The van der Waals surface area contributed by atoms with Gasteiger partial charge in [-0.1, -0.05) is 36.4 Å². The molecule has 1 aliphatic heterocycles. The van der Waals surface area contributed by atoms with Crippen molar-refractivity contribution in [1.82, 2.24) is 9.88 Å². The number of nitro groups is 1. The number of hydrogen-bond acceptors (Lipinski definition) is 6.